The number of nitrogens with zero attached hydrogens (tertiary/aromatic N) is 1. The quantitative estimate of drug-likeness (QED) is 0.600. The zero-order valence-corrected chi connectivity index (χ0v) is 5.74. The molecule has 0 amide bonds. The highest BCUT2D eigenvalue weighted by Crippen LogP contribution is 2.02. The number of H-pyrrole nitrogens is 1. The maximum absolute atomic E-state index is 11.1. The minimum absolute atomic E-state index is 0.136. The van der Waals surface area contributed by atoms with E-state index in [0.717, 1.165) is 5.39 Å². The molecule has 0 atom stereocenters. The Morgan fingerprint density at radius 3 is 3.09 bits per heavy atom. The van der Waals surface area contributed by atoms with E-state index < -0.39 is 0 Å². The Hall–Kier alpha value is -1.64. The van der Waals surface area contributed by atoms with Crippen LogP contribution in [0.1, 0.15) is 0 Å². The van der Waals surface area contributed by atoms with Crippen LogP contribution in [-0.2, 0) is 0 Å². The third-order valence-electron chi connectivity index (χ3n) is 1.53. The molecule has 2 heterocycles. The third-order valence-corrected chi connectivity index (χ3v) is 1.53. The monoisotopic (exact) mass is 146 g/mol. The molecule has 3 nitrogen and oxygen atoms in total. The lowest BCUT2D eigenvalue weighted by molar-refractivity contribution is 1.24. The van der Waals surface area contributed by atoms with Crippen molar-refractivity contribution in [2.75, 3.05) is 0 Å². The number of pyridine rings is 2. The molecule has 0 saturated heterocycles. The van der Waals surface area contributed by atoms with Crippen molar-refractivity contribution in [1.82, 2.24) is 9.97 Å². The van der Waals surface area contributed by atoms with Gasteiger partial charge in [-0.25, -0.2) is 0 Å². The third kappa shape index (κ3) is 0.902. The molecule has 0 aliphatic heterocycles. The summed E-state index contributed by atoms with van der Waals surface area (Å²) in [5.41, 5.74) is 0.359. The zero-order chi connectivity index (χ0) is 7.68. The Labute approximate surface area is 62.7 Å². The first kappa shape index (κ1) is 6.09. The molecule has 54 valence electrons. The van der Waals surface area contributed by atoms with E-state index in [4.69, 9.17) is 0 Å². The van der Waals surface area contributed by atoms with Crippen molar-refractivity contribution in [3.05, 3.63) is 40.9 Å². The highest BCUT2D eigenvalue weighted by molar-refractivity contribution is 5.76. The molecule has 0 fully saturated rings. The second kappa shape index (κ2) is 2.20. The van der Waals surface area contributed by atoms with Crippen LogP contribution >= 0.6 is 0 Å². The second-order valence-electron chi connectivity index (χ2n) is 2.25. The number of fused-ring (bicyclic) bond motifs is 1. The summed E-state index contributed by atoms with van der Waals surface area (Å²) in [5, 5.41) is 0.872. The first-order valence-corrected chi connectivity index (χ1v) is 3.30. The molecule has 0 radical (unpaired) electrons. The van der Waals surface area contributed by atoms with E-state index in [1.807, 2.05) is 18.2 Å². The van der Waals surface area contributed by atoms with Gasteiger partial charge in [0, 0.05) is 17.8 Å². The number of hydrogen-bond donors (Lipinski definition) is 1. The van der Waals surface area contributed by atoms with Crippen LogP contribution in [-0.4, -0.2) is 9.97 Å². The molecule has 11 heavy (non-hydrogen) atoms. The first-order valence-electron chi connectivity index (χ1n) is 3.30. The molecule has 3 heteroatoms. The molecular weight excluding hydrogens is 140 g/mol. The fourth-order valence-corrected chi connectivity index (χ4v) is 1.02. The van der Waals surface area contributed by atoms with Gasteiger partial charge in [0.25, 0.3) is 5.56 Å². The van der Waals surface area contributed by atoms with Crippen LogP contribution in [0.3, 0.4) is 0 Å². The lowest BCUT2D eigenvalue weighted by atomic mass is 10.3. The maximum Gasteiger partial charge on any atom is 0.274 e. The Kier molecular flexibility index (Phi) is 1.22. The van der Waals surface area contributed by atoms with Gasteiger partial charge in [-0.15, -0.1) is 0 Å². The highest BCUT2D eigenvalue weighted by atomic mass is 16.1. The van der Waals surface area contributed by atoms with Gasteiger partial charge in [0.15, 0.2) is 0 Å². The second-order valence-corrected chi connectivity index (χ2v) is 2.25. The summed E-state index contributed by atoms with van der Waals surface area (Å²) in [5.74, 6) is 0. The molecule has 0 aliphatic rings. The summed E-state index contributed by atoms with van der Waals surface area (Å²) in [7, 11) is 0. The van der Waals surface area contributed by atoms with E-state index in [1.54, 1.807) is 12.4 Å². The van der Waals surface area contributed by atoms with Gasteiger partial charge < -0.3 is 4.98 Å². The van der Waals surface area contributed by atoms with Crippen molar-refractivity contribution >= 4 is 10.9 Å². The van der Waals surface area contributed by atoms with Gasteiger partial charge in [-0.2, -0.15) is 0 Å². The lowest BCUT2D eigenvalue weighted by Crippen LogP contribution is -2.05. The van der Waals surface area contributed by atoms with E-state index in [0.29, 0.717) is 5.52 Å². The first-order chi connectivity index (χ1) is 5.38. The van der Waals surface area contributed by atoms with Crippen molar-refractivity contribution in [2.45, 2.75) is 0 Å². The minimum Gasteiger partial charge on any atom is -0.327 e. The van der Waals surface area contributed by atoms with Crippen LogP contribution in [0.4, 0.5) is 0 Å². The Morgan fingerprint density at radius 1 is 1.36 bits per heavy atom. The zero-order valence-electron chi connectivity index (χ0n) is 5.74. The van der Waals surface area contributed by atoms with E-state index >= 15 is 0 Å². The van der Waals surface area contributed by atoms with Crippen LogP contribution in [0.15, 0.2) is 35.4 Å². The molecule has 0 spiro atoms. The standard InChI is InChI=1S/C8H6N2O/c11-8-7-6(3-5-10-8)2-1-4-9-7/h1-5H,(H,10,11). The normalized spacial score (nSPS) is 10.2. The van der Waals surface area contributed by atoms with Crippen LogP contribution in [0.5, 0.6) is 0 Å². The predicted octanol–water partition coefficient (Wildman–Crippen LogP) is 0.923. The summed E-state index contributed by atoms with van der Waals surface area (Å²) in [6, 6.07) is 5.49. The number of aromatic amines is 1. The summed E-state index contributed by atoms with van der Waals surface area (Å²) in [6.45, 7) is 0. The fraction of sp³-hybridized carbons (Fsp3) is 0. The van der Waals surface area contributed by atoms with Gasteiger partial charge in [0.05, 0.1) is 0 Å². The van der Waals surface area contributed by atoms with Gasteiger partial charge >= 0.3 is 0 Å². The predicted molar refractivity (Wildman–Crippen MR) is 42.4 cm³/mol. The van der Waals surface area contributed by atoms with Crippen LogP contribution < -0.4 is 5.56 Å². The summed E-state index contributed by atoms with van der Waals surface area (Å²) >= 11 is 0. The van der Waals surface area contributed by atoms with Gasteiger partial charge in [-0.1, -0.05) is 6.07 Å². The molecule has 0 saturated carbocycles. The van der Waals surface area contributed by atoms with Crippen molar-refractivity contribution in [1.29, 1.82) is 0 Å². The highest BCUT2D eigenvalue weighted by Gasteiger charge is 1.94. The number of aromatic nitrogens is 2. The molecule has 1 N–H and O–H groups in total. The SMILES string of the molecule is O=c1[nH]ccc2cccnc12. The minimum atomic E-state index is -0.136. The lowest BCUT2D eigenvalue weighted by Gasteiger charge is -1.91. The Bertz CT molecular complexity index is 428. The number of nitrogens with one attached hydrogen (secondary N) is 1. The van der Waals surface area contributed by atoms with Crippen LogP contribution in [0.2, 0.25) is 0 Å². The number of hydrogen-bond acceptors (Lipinski definition) is 2. The number of rotatable bonds is 0. The van der Waals surface area contributed by atoms with Gasteiger partial charge in [0.2, 0.25) is 0 Å². The molecular formula is C8H6N2O. The Balaban J connectivity index is 3.03. The summed E-state index contributed by atoms with van der Waals surface area (Å²) in [6.07, 6.45) is 3.23. The average Bonchev–Trinajstić information content (AvgIpc) is 2.06. The van der Waals surface area contributed by atoms with Gasteiger partial charge in [-0.3, -0.25) is 9.78 Å². The van der Waals surface area contributed by atoms with Crippen molar-refractivity contribution < 1.29 is 0 Å². The smallest absolute Gasteiger partial charge is 0.274 e. The average molecular weight is 146 g/mol. The molecule has 2 aromatic heterocycles. The molecule has 0 aromatic carbocycles. The molecule has 0 aliphatic carbocycles. The fourth-order valence-electron chi connectivity index (χ4n) is 1.02. The van der Waals surface area contributed by atoms with E-state index in [9.17, 15) is 4.79 Å². The largest absolute Gasteiger partial charge is 0.327 e. The van der Waals surface area contributed by atoms with Crippen molar-refractivity contribution in [3.63, 3.8) is 0 Å². The van der Waals surface area contributed by atoms with Crippen molar-refractivity contribution in [2.24, 2.45) is 0 Å². The maximum atomic E-state index is 11.1. The molecule has 2 aromatic rings. The molecule has 0 unspecified atom stereocenters. The van der Waals surface area contributed by atoms with Gasteiger partial charge in [0.1, 0.15) is 5.52 Å². The molecule has 0 bridgehead atoms. The summed E-state index contributed by atoms with van der Waals surface area (Å²) in [4.78, 5) is 17.6. The van der Waals surface area contributed by atoms with Crippen LogP contribution in [0, 0.1) is 0 Å². The van der Waals surface area contributed by atoms with E-state index in [-0.39, 0.29) is 5.56 Å². The van der Waals surface area contributed by atoms with Crippen molar-refractivity contribution in [3.8, 4) is 0 Å². The topological polar surface area (TPSA) is 45.8 Å². The van der Waals surface area contributed by atoms with Gasteiger partial charge in [-0.05, 0) is 12.1 Å². The molecule has 2 rings (SSSR count). The van der Waals surface area contributed by atoms with E-state index in [1.165, 1.54) is 0 Å². The Morgan fingerprint density at radius 2 is 2.27 bits per heavy atom. The van der Waals surface area contributed by atoms with E-state index in [2.05, 4.69) is 9.97 Å². The summed E-state index contributed by atoms with van der Waals surface area (Å²) < 4.78 is 0. The van der Waals surface area contributed by atoms with Crippen LogP contribution in [0.25, 0.3) is 10.9 Å².